The van der Waals surface area contributed by atoms with Crippen molar-refractivity contribution < 1.29 is 9.59 Å². The first-order valence-electron chi connectivity index (χ1n) is 10.6. The Morgan fingerprint density at radius 1 is 1.06 bits per heavy atom. The SMILES string of the molecule is Cc1ccc(C)c(NC(=O)CC2C(=O)N(Cc3ccccn3)c3nc4ccccc4n32)c1. The Morgan fingerprint density at radius 3 is 2.69 bits per heavy atom. The van der Waals surface area contributed by atoms with Gasteiger partial charge in [-0.05, 0) is 55.3 Å². The molecule has 2 aromatic carbocycles. The van der Waals surface area contributed by atoms with Gasteiger partial charge >= 0.3 is 0 Å². The number of nitrogens with one attached hydrogen (secondary N) is 1. The molecular formula is C25H23N5O2. The molecule has 1 aliphatic rings. The standard InChI is InChI=1S/C25H23N5O2/c1-16-10-11-17(2)20(13-16)27-23(31)14-22-24(32)29(15-18-7-5-6-12-26-18)25-28-19-8-3-4-9-21(19)30(22)25/h3-13,22H,14-15H2,1-2H3,(H,27,31). The Bertz CT molecular complexity index is 1330. The lowest BCUT2D eigenvalue weighted by Gasteiger charge is -2.16. The first kappa shape index (κ1) is 19.9. The first-order valence-corrected chi connectivity index (χ1v) is 10.6. The van der Waals surface area contributed by atoms with Gasteiger partial charge in [0, 0.05) is 11.9 Å². The fourth-order valence-corrected chi connectivity index (χ4v) is 4.15. The predicted molar refractivity (Wildman–Crippen MR) is 123 cm³/mol. The third-order valence-corrected chi connectivity index (χ3v) is 5.77. The predicted octanol–water partition coefficient (Wildman–Crippen LogP) is 4.16. The van der Waals surface area contributed by atoms with Crippen LogP contribution in [0.1, 0.15) is 29.3 Å². The van der Waals surface area contributed by atoms with Crippen LogP contribution in [-0.4, -0.2) is 26.3 Å². The second-order valence-electron chi connectivity index (χ2n) is 8.10. The number of imidazole rings is 1. The van der Waals surface area contributed by atoms with Crippen molar-refractivity contribution in [3.8, 4) is 0 Å². The number of nitrogens with zero attached hydrogens (tertiary/aromatic N) is 4. The van der Waals surface area contributed by atoms with Gasteiger partial charge in [-0.2, -0.15) is 0 Å². The average molecular weight is 425 g/mol. The molecule has 0 spiro atoms. The zero-order chi connectivity index (χ0) is 22.2. The monoisotopic (exact) mass is 425 g/mol. The molecular weight excluding hydrogens is 402 g/mol. The van der Waals surface area contributed by atoms with Crippen molar-refractivity contribution >= 4 is 34.5 Å². The number of hydrogen-bond donors (Lipinski definition) is 1. The highest BCUT2D eigenvalue weighted by molar-refractivity contribution is 6.05. The van der Waals surface area contributed by atoms with E-state index in [1.165, 1.54) is 0 Å². The highest BCUT2D eigenvalue weighted by atomic mass is 16.2. The molecule has 1 aliphatic heterocycles. The van der Waals surface area contributed by atoms with Crippen LogP contribution in [0, 0.1) is 13.8 Å². The van der Waals surface area contributed by atoms with Gasteiger partial charge < -0.3 is 5.32 Å². The van der Waals surface area contributed by atoms with Gasteiger partial charge in [0.1, 0.15) is 6.04 Å². The molecule has 0 bridgehead atoms. The van der Waals surface area contributed by atoms with Gasteiger partial charge in [0.05, 0.1) is 29.7 Å². The Morgan fingerprint density at radius 2 is 1.88 bits per heavy atom. The van der Waals surface area contributed by atoms with Crippen molar-refractivity contribution in [3.05, 3.63) is 83.7 Å². The molecule has 0 fully saturated rings. The zero-order valence-corrected chi connectivity index (χ0v) is 17.9. The molecule has 7 heteroatoms. The Balaban J connectivity index is 1.48. The number of anilines is 2. The quantitative estimate of drug-likeness (QED) is 0.521. The maximum Gasteiger partial charge on any atom is 0.253 e. The van der Waals surface area contributed by atoms with Crippen molar-refractivity contribution in [3.63, 3.8) is 0 Å². The van der Waals surface area contributed by atoms with Crippen LogP contribution in [0.15, 0.2) is 66.9 Å². The molecule has 2 amide bonds. The van der Waals surface area contributed by atoms with E-state index in [0.717, 1.165) is 33.5 Å². The molecule has 3 heterocycles. The molecule has 1 unspecified atom stereocenters. The van der Waals surface area contributed by atoms with Crippen molar-refractivity contribution in [1.82, 2.24) is 14.5 Å². The van der Waals surface area contributed by atoms with Gasteiger partial charge in [-0.15, -0.1) is 0 Å². The zero-order valence-electron chi connectivity index (χ0n) is 17.9. The van der Waals surface area contributed by atoms with Crippen LogP contribution in [0.5, 0.6) is 0 Å². The van der Waals surface area contributed by atoms with Crippen LogP contribution in [0.3, 0.4) is 0 Å². The second kappa shape index (κ2) is 7.92. The topological polar surface area (TPSA) is 80.1 Å². The number of fused-ring (bicyclic) bond motifs is 3. The number of hydrogen-bond acceptors (Lipinski definition) is 4. The molecule has 32 heavy (non-hydrogen) atoms. The highest BCUT2D eigenvalue weighted by Crippen LogP contribution is 2.37. The summed E-state index contributed by atoms with van der Waals surface area (Å²) in [5, 5.41) is 2.98. The second-order valence-corrected chi connectivity index (χ2v) is 8.10. The Hall–Kier alpha value is -4.00. The summed E-state index contributed by atoms with van der Waals surface area (Å²) in [6, 6.07) is 18.5. The van der Waals surface area contributed by atoms with Gasteiger partial charge in [0.15, 0.2) is 0 Å². The molecule has 2 aromatic heterocycles. The molecule has 1 N–H and O–H groups in total. The fourth-order valence-electron chi connectivity index (χ4n) is 4.15. The third kappa shape index (κ3) is 3.51. The van der Waals surface area contributed by atoms with E-state index in [2.05, 4.69) is 10.3 Å². The molecule has 0 saturated heterocycles. The molecule has 1 atom stereocenters. The molecule has 4 aromatic rings. The van der Waals surface area contributed by atoms with Crippen molar-refractivity contribution in [1.29, 1.82) is 0 Å². The molecule has 0 saturated carbocycles. The van der Waals surface area contributed by atoms with E-state index < -0.39 is 6.04 Å². The van der Waals surface area contributed by atoms with Crippen LogP contribution < -0.4 is 10.2 Å². The van der Waals surface area contributed by atoms with Crippen LogP contribution in [0.2, 0.25) is 0 Å². The van der Waals surface area contributed by atoms with Gasteiger partial charge in [-0.25, -0.2) is 4.98 Å². The number of aromatic nitrogens is 3. The molecule has 160 valence electrons. The number of amides is 2. The molecule has 5 rings (SSSR count). The van der Waals surface area contributed by atoms with E-state index in [0.29, 0.717) is 12.5 Å². The van der Waals surface area contributed by atoms with Gasteiger partial charge in [0.25, 0.3) is 5.91 Å². The number of aryl methyl sites for hydroxylation is 2. The van der Waals surface area contributed by atoms with E-state index in [-0.39, 0.29) is 18.2 Å². The van der Waals surface area contributed by atoms with Gasteiger partial charge in [-0.3, -0.25) is 24.0 Å². The summed E-state index contributed by atoms with van der Waals surface area (Å²) in [6.45, 7) is 4.24. The lowest BCUT2D eigenvalue weighted by atomic mass is 10.1. The summed E-state index contributed by atoms with van der Waals surface area (Å²) in [5.74, 6) is 0.187. The van der Waals surface area contributed by atoms with Crippen LogP contribution in [0.4, 0.5) is 11.6 Å². The summed E-state index contributed by atoms with van der Waals surface area (Å²) in [6.07, 6.45) is 1.73. The first-order chi connectivity index (χ1) is 15.5. The van der Waals surface area contributed by atoms with Crippen molar-refractivity contribution in [2.75, 3.05) is 10.2 Å². The Kier molecular flexibility index (Phi) is 4.93. The molecule has 7 nitrogen and oxygen atoms in total. The fraction of sp³-hybridized carbons (Fsp3) is 0.200. The Labute approximate surface area is 185 Å². The van der Waals surface area contributed by atoms with Gasteiger partial charge in [0.2, 0.25) is 11.9 Å². The molecule has 0 aliphatic carbocycles. The number of pyridine rings is 1. The van der Waals surface area contributed by atoms with Crippen molar-refractivity contribution in [2.24, 2.45) is 0 Å². The summed E-state index contributed by atoms with van der Waals surface area (Å²) in [4.78, 5) is 37.1. The largest absolute Gasteiger partial charge is 0.326 e. The van der Waals surface area contributed by atoms with Crippen LogP contribution in [0.25, 0.3) is 11.0 Å². The smallest absolute Gasteiger partial charge is 0.253 e. The molecule has 0 radical (unpaired) electrons. The average Bonchev–Trinajstić information content (AvgIpc) is 3.28. The summed E-state index contributed by atoms with van der Waals surface area (Å²) in [7, 11) is 0. The summed E-state index contributed by atoms with van der Waals surface area (Å²) in [5.41, 5.74) is 5.20. The van der Waals surface area contributed by atoms with Crippen molar-refractivity contribution in [2.45, 2.75) is 32.9 Å². The lowest BCUT2D eigenvalue weighted by molar-refractivity contribution is -0.124. The lowest BCUT2D eigenvalue weighted by Crippen LogP contribution is -2.31. The van der Waals surface area contributed by atoms with E-state index in [4.69, 9.17) is 4.98 Å². The summed E-state index contributed by atoms with van der Waals surface area (Å²) < 4.78 is 1.88. The highest BCUT2D eigenvalue weighted by Gasteiger charge is 2.41. The third-order valence-electron chi connectivity index (χ3n) is 5.77. The van der Waals surface area contributed by atoms with Crippen LogP contribution in [-0.2, 0) is 16.1 Å². The number of carbonyl (C=O) groups is 2. The van der Waals surface area contributed by atoms with Crippen LogP contribution >= 0.6 is 0 Å². The minimum Gasteiger partial charge on any atom is -0.326 e. The minimum absolute atomic E-state index is 0.0261. The maximum absolute atomic E-state index is 13.4. The number of rotatable bonds is 5. The number of benzene rings is 2. The van der Waals surface area contributed by atoms with E-state index >= 15 is 0 Å². The van der Waals surface area contributed by atoms with Gasteiger partial charge in [-0.1, -0.05) is 30.3 Å². The van der Waals surface area contributed by atoms with E-state index in [9.17, 15) is 9.59 Å². The maximum atomic E-state index is 13.4. The van der Waals surface area contributed by atoms with E-state index in [1.807, 2.05) is 79.1 Å². The minimum atomic E-state index is -0.661. The van der Waals surface area contributed by atoms with E-state index in [1.54, 1.807) is 11.1 Å². The number of carbonyl (C=O) groups excluding carboxylic acids is 2. The normalized spacial score (nSPS) is 15.2. The number of para-hydroxylation sites is 2. The summed E-state index contributed by atoms with van der Waals surface area (Å²) >= 11 is 0.